The molecule has 1 saturated heterocycles. The van der Waals surface area contributed by atoms with Crippen molar-refractivity contribution >= 4 is 5.69 Å². The second-order valence-electron chi connectivity index (χ2n) is 4.40. The Labute approximate surface area is 104 Å². The highest BCUT2D eigenvalue weighted by Crippen LogP contribution is 2.29. The van der Waals surface area contributed by atoms with E-state index in [2.05, 4.69) is 0 Å². The molecule has 5 heteroatoms. The monoisotopic (exact) mass is 252 g/mol. The zero-order chi connectivity index (χ0) is 13.1. The number of rotatable bonds is 2. The number of nitrogens with zero attached hydrogens (tertiary/aromatic N) is 2. The number of halogens is 2. The van der Waals surface area contributed by atoms with Crippen LogP contribution in [0.15, 0.2) is 12.1 Å². The van der Waals surface area contributed by atoms with Crippen LogP contribution in [0.25, 0.3) is 0 Å². The number of hydrogen-bond donors (Lipinski definition) is 1. The van der Waals surface area contributed by atoms with Crippen molar-refractivity contribution in [1.82, 2.24) is 0 Å². The molecule has 1 aromatic carbocycles. The highest BCUT2D eigenvalue weighted by atomic mass is 19.2. The number of anilines is 1. The summed E-state index contributed by atoms with van der Waals surface area (Å²) in [6.07, 6.45) is 2.62. The van der Waals surface area contributed by atoms with Crippen molar-refractivity contribution in [2.24, 2.45) is 0 Å². The van der Waals surface area contributed by atoms with Crippen molar-refractivity contribution in [2.45, 2.75) is 25.3 Å². The Bertz CT molecular complexity index is 485. The summed E-state index contributed by atoms with van der Waals surface area (Å²) in [5, 5.41) is 17.9. The fourth-order valence-corrected chi connectivity index (χ4v) is 2.35. The van der Waals surface area contributed by atoms with Gasteiger partial charge >= 0.3 is 0 Å². The molecular weight excluding hydrogens is 238 g/mol. The van der Waals surface area contributed by atoms with E-state index in [1.165, 1.54) is 12.1 Å². The quantitative estimate of drug-likeness (QED) is 0.877. The molecule has 0 radical (unpaired) electrons. The Morgan fingerprint density at radius 3 is 2.78 bits per heavy atom. The molecule has 3 nitrogen and oxygen atoms in total. The molecule has 0 amide bonds. The molecule has 1 atom stereocenters. The van der Waals surface area contributed by atoms with Crippen LogP contribution in [0.1, 0.15) is 24.8 Å². The first-order chi connectivity index (χ1) is 8.69. The van der Waals surface area contributed by atoms with Crippen LogP contribution in [0.3, 0.4) is 0 Å². The lowest BCUT2D eigenvalue weighted by atomic mass is 10.0. The minimum Gasteiger partial charge on any atom is -0.394 e. The summed E-state index contributed by atoms with van der Waals surface area (Å²) in [6, 6.07) is 4.11. The van der Waals surface area contributed by atoms with Gasteiger partial charge in [-0.05, 0) is 31.4 Å². The first kappa shape index (κ1) is 12.8. The normalized spacial score (nSPS) is 19.7. The Morgan fingerprint density at radius 2 is 2.11 bits per heavy atom. The topological polar surface area (TPSA) is 47.3 Å². The maximum absolute atomic E-state index is 13.9. The molecule has 1 N–H and O–H groups in total. The lowest BCUT2D eigenvalue weighted by molar-refractivity contribution is 0.239. The molecule has 0 aromatic heterocycles. The van der Waals surface area contributed by atoms with Crippen molar-refractivity contribution in [3.63, 3.8) is 0 Å². The summed E-state index contributed by atoms with van der Waals surface area (Å²) in [5.74, 6) is -2.12. The average Bonchev–Trinajstić information content (AvgIpc) is 2.42. The Morgan fingerprint density at radius 1 is 1.33 bits per heavy atom. The van der Waals surface area contributed by atoms with Crippen molar-refractivity contribution in [3.05, 3.63) is 29.3 Å². The summed E-state index contributed by atoms with van der Waals surface area (Å²) in [6.45, 7) is 0.508. The average molecular weight is 252 g/mol. The molecule has 1 heterocycles. The molecule has 1 unspecified atom stereocenters. The first-order valence-corrected chi connectivity index (χ1v) is 5.94. The number of aliphatic hydroxyl groups excluding tert-OH is 1. The highest BCUT2D eigenvalue weighted by Gasteiger charge is 2.26. The lowest BCUT2D eigenvalue weighted by Crippen LogP contribution is -2.42. The SMILES string of the molecule is N#Cc1ccc(N2CCCCC2CO)c(F)c1F. The second-order valence-corrected chi connectivity index (χ2v) is 4.40. The molecule has 96 valence electrons. The van der Waals surface area contributed by atoms with Crippen LogP contribution >= 0.6 is 0 Å². The maximum Gasteiger partial charge on any atom is 0.183 e. The molecule has 1 fully saturated rings. The molecule has 18 heavy (non-hydrogen) atoms. The van der Waals surface area contributed by atoms with E-state index in [-0.39, 0.29) is 23.9 Å². The fraction of sp³-hybridized carbons (Fsp3) is 0.462. The predicted octanol–water partition coefficient (Wildman–Crippen LogP) is 2.19. The van der Waals surface area contributed by atoms with Gasteiger partial charge in [-0.2, -0.15) is 5.26 Å². The van der Waals surface area contributed by atoms with Crippen molar-refractivity contribution in [2.75, 3.05) is 18.1 Å². The summed E-state index contributed by atoms with van der Waals surface area (Å²) in [4.78, 5) is 1.68. The summed E-state index contributed by atoms with van der Waals surface area (Å²) in [5.41, 5.74) is -0.168. The third-order valence-corrected chi connectivity index (χ3v) is 3.33. The van der Waals surface area contributed by atoms with E-state index in [1.54, 1.807) is 11.0 Å². The van der Waals surface area contributed by atoms with E-state index in [4.69, 9.17) is 5.26 Å². The van der Waals surface area contributed by atoms with Gasteiger partial charge in [-0.1, -0.05) is 0 Å². The number of aliphatic hydroxyl groups is 1. The molecule has 2 rings (SSSR count). The van der Waals surface area contributed by atoms with Gasteiger partial charge in [-0.15, -0.1) is 0 Å². The van der Waals surface area contributed by atoms with Gasteiger partial charge in [-0.3, -0.25) is 0 Å². The van der Waals surface area contributed by atoms with Crippen molar-refractivity contribution in [1.29, 1.82) is 5.26 Å². The standard InChI is InChI=1S/C13H14F2N2O/c14-12-9(7-16)4-5-11(13(12)15)17-6-2-1-3-10(17)8-18/h4-5,10,18H,1-3,6,8H2. The van der Waals surface area contributed by atoms with Crippen LogP contribution in [-0.4, -0.2) is 24.3 Å². The Hall–Kier alpha value is -1.67. The molecule has 0 bridgehead atoms. The van der Waals surface area contributed by atoms with Gasteiger partial charge in [0.15, 0.2) is 11.6 Å². The van der Waals surface area contributed by atoms with Gasteiger partial charge in [0.05, 0.1) is 23.9 Å². The maximum atomic E-state index is 13.9. The van der Waals surface area contributed by atoms with Crippen molar-refractivity contribution in [3.8, 4) is 6.07 Å². The van der Waals surface area contributed by atoms with Crippen molar-refractivity contribution < 1.29 is 13.9 Å². The van der Waals surface area contributed by atoms with E-state index in [9.17, 15) is 13.9 Å². The van der Waals surface area contributed by atoms with E-state index >= 15 is 0 Å². The summed E-state index contributed by atoms with van der Waals surface area (Å²) in [7, 11) is 0. The van der Waals surface area contributed by atoms with E-state index < -0.39 is 11.6 Å². The number of nitriles is 1. The minimum atomic E-state index is -1.11. The number of piperidine rings is 1. The minimum absolute atomic E-state index is 0.0823. The molecule has 0 saturated carbocycles. The molecule has 1 aliphatic rings. The zero-order valence-electron chi connectivity index (χ0n) is 9.87. The fourth-order valence-electron chi connectivity index (χ4n) is 2.35. The zero-order valence-corrected chi connectivity index (χ0v) is 9.87. The van der Waals surface area contributed by atoms with Crippen LogP contribution in [0, 0.1) is 23.0 Å². The Balaban J connectivity index is 2.38. The first-order valence-electron chi connectivity index (χ1n) is 5.94. The van der Waals surface area contributed by atoms with Gasteiger partial charge in [-0.25, -0.2) is 8.78 Å². The van der Waals surface area contributed by atoms with Crippen LogP contribution in [0.2, 0.25) is 0 Å². The third-order valence-electron chi connectivity index (χ3n) is 3.33. The van der Waals surface area contributed by atoms with Gasteiger partial charge in [0.25, 0.3) is 0 Å². The largest absolute Gasteiger partial charge is 0.394 e. The van der Waals surface area contributed by atoms with Gasteiger partial charge in [0, 0.05) is 6.54 Å². The van der Waals surface area contributed by atoms with Crippen LogP contribution in [0.5, 0.6) is 0 Å². The van der Waals surface area contributed by atoms with Gasteiger partial charge < -0.3 is 10.0 Å². The second kappa shape index (κ2) is 5.32. The Kier molecular flexibility index (Phi) is 3.78. The van der Waals surface area contributed by atoms with Gasteiger partial charge in [0.1, 0.15) is 6.07 Å². The van der Waals surface area contributed by atoms with E-state index in [0.717, 1.165) is 19.3 Å². The molecule has 1 aromatic rings. The third kappa shape index (κ3) is 2.16. The lowest BCUT2D eigenvalue weighted by Gasteiger charge is -2.36. The van der Waals surface area contributed by atoms with Crippen LogP contribution in [0.4, 0.5) is 14.5 Å². The summed E-state index contributed by atoms with van der Waals surface area (Å²) < 4.78 is 27.5. The molecule has 0 spiro atoms. The van der Waals surface area contributed by atoms with Gasteiger partial charge in [0.2, 0.25) is 0 Å². The molecular formula is C13H14F2N2O. The van der Waals surface area contributed by atoms with E-state index in [0.29, 0.717) is 6.54 Å². The molecule has 0 aliphatic carbocycles. The summed E-state index contributed by atoms with van der Waals surface area (Å²) >= 11 is 0. The van der Waals surface area contributed by atoms with Crippen LogP contribution < -0.4 is 4.90 Å². The number of benzene rings is 1. The van der Waals surface area contributed by atoms with E-state index in [1.807, 2.05) is 0 Å². The highest BCUT2D eigenvalue weighted by molar-refractivity contribution is 5.53. The number of hydrogen-bond acceptors (Lipinski definition) is 3. The van der Waals surface area contributed by atoms with Crippen LogP contribution in [-0.2, 0) is 0 Å². The smallest absolute Gasteiger partial charge is 0.183 e. The predicted molar refractivity (Wildman–Crippen MR) is 63.1 cm³/mol. The molecule has 1 aliphatic heterocycles.